The summed E-state index contributed by atoms with van der Waals surface area (Å²) in [4.78, 5) is 8.19. The van der Waals surface area contributed by atoms with Gasteiger partial charge in [0.2, 0.25) is 11.8 Å². The minimum atomic E-state index is -1.09. The Morgan fingerprint density at radius 1 is 1.15 bits per heavy atom. The summed E-state index contributed by atoms with van der Waals surface area (Å²) in [7, 11) is 2.93. The zero-order valence-corrected chi connectivity index (χ0v) is 12.0. The van der Waals surface area contributed by atoms with E-state index in [9.17, 15) is 10.2 Å². The van der Waals surface area contributed by atoms with Crippen LogP contribution in [0.3, 0.4) is 0 Å². The van der Waals surface area contributed by atoms with Crippen molar-refractivity contribution >= 4 is 0 Å². The third-order valence-corrected chi connectivity index (χ3v) is 3.88. The third kappa shape index (κ3) is 3.19. The smallest absolute Gasteiger partial charge is 0.241 e. The number of methoxy groups -OCH3 is 2. The van der Waals surface area contributed by atoms with Crippen molar-refractivity contribution < 1.29 is 19.7 Å². The molecule has 1 saturated carbocycles. The normalized spacial score (nSPS) is 19.4. The van der Waals surface area contributed by atoms with Crippen molar-refractivity contribution in [2.24, 2.45) is 5.92 Å². The molecule has 20 heavy (non-hydrogen) atoms. The maximum absolute atomic E-state index is 10.3. The molecule has 1 heterocycles. The lowest BCUT2D eigenvalue weighted by Crippen LogP contribution is -2.30. The van der Waals surface area contributed by atoms with Crippen LogP contribution < -0.4 is 9.47 Å². The van der Waals surface area contributed by atoms with E-state index in [-0.39, 0.29) is 17.5 Å². The van der Waals surface area contributed by atoms with Crippen molar-refractivity contribution in [1.29, 1.82) is 0 Å². The number of rotatable bonds is 5. The van der Waals surface area contributed by atoms with E-state index in [0.29, 0.717) is 5.88 Å². The molecule has 0 radical (unpaired) electrons. The fraction of sp³-hybridized carbons (Fsp3) is 0.714. The van der Waals surface area contributed by atoms with Gasteiger partial charge in [0.05, 0.1) is 26.5 Å². The zero-order chi connectivity index (χ0) is 14.5. The van der Waals surface area contributed by atoms with E-state index < -0.39 is 12.2 Å². The topological polar surface area (TPSA) is 84.7 Å². The first-order valence-electron chi connectivity index (χ1n) is 6.98. The van der Waals surface area contributed by atoms with E-state index in [2.05, 4.69) is 9.97 Å². The quantitative estimate of drug-likeness (QED) is 0.850. The van der Waals surface area contributed by atoms with Gasteiger partial charge >= 0.3 is 0 Å². The maximum atomic E-state index is 10.3. The Hall–Kier alpha value is -1.40. The minimum Gasteiger partial charge on any atom is -0.480 e. The molecule has 0 aromatic carbocycles. The number of aliphatic hydroxyl groups excluding tert-OH is 2. The van der Waals surface area contributed by atoms with Gasteiger partial charge in [-0.1, -0.05) is 19.3 Å². The average molecular weight is 282 g/mol. The van der Waals surface area contributed by atoms with Crippen LogP contribution in [0.15, 0.2) is 6.20 Å². The minimum absolute atomic E-state index is 0.104. The zero-order valence-electron chi connectivity index (χ0n) is 12.0. The molecule has 2 atom stereocenters. The van der Waals surface area contributed by atoms with Crippen LogP contribution in [0.4, 0.5) is 0 Å². The molecule has 1 aromatic rings. The Morgan fingerprint density at radius 3 is 2.45 bits per heavy atom. The van der Waals surface area contributed by atoms with Crippen molar-refractivity contribution in [2.75, 3.05) is 14.2 Å². The van der Waals surface area contributed by atoms with E-state index >= 15 is 0 Å². The predicted molar refractivity (Wildman–Crippen MR) is 72.7 cm³/mol. The fourth-order valence-electron chi connectivity index (χ4n) is 2.71. The Labute approximate surface area is 118 Å². The number of ether oxygens (including phenoxy) is 2. The van der Waals surface area contributed by atoms with Crippen molar-refractivity contribution in [2.45, 2.75) is 44.3 Å². The number of nitrogens with zero attached hydrogens (tertiary/aromatic N) is 2. The molecule has 6 nitrogen and oxygen atoms in total. The molecule has 0 spiro atoms. The molecular formula is C14H22N2O4. The first-order chi connectivity index (χ1) is 9.67. The van der Waals surface area contributed by atoms with Gasteiger partial charge in [0.15, 0.2) is 0 Å². The van der Waals surface area contributed by atoms with Crippen molar-refractivity contribution in [3.05, 3.63) is 11.9 Å². The summed E-state index contributed by atoms with van der Waals surface area (Å²) in [6, 6.07) is 0. The Kier molecular flexibility index (Phi) is 5.14. The van der Waals surface area contributed by atoms with Crippen molar-refractivity contribution in [3.8, 4) is 11.8 Å². The van der Waals surface area contributed by atoms with E-state index in [1.165, 1.54) is 26.8 Å². The molecular weight excluding hydrogens is 260 g/mol. The molecule has 6 heteroatoms. The van der Waals surface area contributed by atoms with E-state index in [1.54, 1.807) is 0 Å². The molecule has 2 unspecified atom stereocenters. The summed E-state index contributed by atoms with van der Waals surface area (Å²) in [5.74, 6) is 0.601. The van der Waals surface area contributed by atoms with E-state index in [0.717, 1.165) is 25.7 Å². The summed E-state index contributed by atoms with van der Waals surface area (Å²) in [6.45, 7) is 0. The highest BCUT2D eigenvalue weighted by Crippen LogP contribution is 2.34. The molecule has 2 N–H and O–H groups in total. The molecule has 0 saturated heterocycles. The second-order valence-corrected chi connectivity index (χ2v) is 5.14. The van der Waals surface area contributed by atoms with Gasteiger partial charge in [-0.2, -0.15) is 4.98 Å². The Morgan fingerprint density at radius 2 is 1.85 bits per heavy atom. The second-order valence-electron chi connectivity index (χ2n) is 5.14. The van der Waals surface area contributed by atoms with Crippen molar-refractivity contribution in [1.82, 2.24) is 9.97 Å². The molecule has 1 aliphatic carbocycles. The van der Waals surface area contributed by atoms with Crippen LogP contribution in [0.1, 0.15) is 43.9 Å². The Balaban J connectivity index is 2.16. The lowest BCUT2D eigenvalue weighted by atomic mass is 9.83. The first kappa shape index (κ1) is 15.0. The maximum Gasteiger partial charge on any atom is 0.241 e. The standard InChI is InChI=1S/C14H22N2O4/c1-19-10-8-15-11(14(16-10)20-2)13(18)12(17)9-6-4-3-5-7-9/h8-9,12-13,17-18H,3-7H2,1-2H3. The average Bonchev–Trinajstić information content (AvgIpc) is 2.53. The second kappa shape index (κ2) is 6.85. The van der Waals surface area contributed by atoms with Crippen LogP contribution >= 0.6 is 0 Å². The van der Waals surface area contributed by atoms with Crippen molar-refractivity contribution in [3.63, 3.8) is 0 Å². The van der Waals surface area contributed by atoms with E-state index in [4.69, 9.17) is 9.47 Å². The SMILES string of the molecule is COc1cnc(C(O)C(O)C2CCCCC2)c(OC)n1. The van der Waals surface area contributed by atoms with Crippen LogP contribution in [0.25, 0.3) is 0 Å². The fourth-order valence-corrected chi connectivity index (χ4v) is 2.71. The lowest BCUT2D eigenvalue weighted by molar-refractivity contribution is -0.0318. The van der Waals surface area contributed by atoms with Gasteiger partial charge in [-0.15, -0.1) is 0 Å². The highest BCUT2D eigenvalue weighted by atomic mass is 16.5. The lowest BCUT2D eigenvalue weighted by Gasteiger charge is -2.29. The van der Waals surface area contributed by atoms with Gasteiger partial charge in [-0.05, 0) is 18.8 Å². The largest absolute Gasteiger partial charge is 0.480 e. The van der Waals surface area contributed by atoms with Crippen LogP contribution in [0, 0.1) is 5.92 Å². The summed E-state index contributed by atoms with van der Waals surface area (Å²) in [5.41, 5.74) is 0.256. The molecule has 112 valence electrons. The third-order valence-electron chi connectivity index (χ3n) is 3.88. The first-order valence-corrected chi connectivity index (χ1v) is 6.98. The molecule has 1 aliphatic rings. The summed E-state index contributed by atoms with van der Waals surface area (Å²) >= 11 is 0. The summed E-state index contributed by atoms with van der Waals surface area (Å²) in [5, 5.41) is 20.7. The van der Waals surface area contributed by atoms with E-state index in [1.807, 2.05) is 0 Å². The number of aromatic nitrogens is 2. The Bertz CT molecular complexity index is 435. The highest BCUT2D eigenvalue weighted by Gasteiger charge is 2.31. The van der Waals surface area contributed by atoms with Gasteiger partial charge in [-0.3, -0.25) is 0 Å². The van der Waals surface area contributed by atoms with Gasteiger partial charge < -0.3 is 19.7 Å². The number of hydrogen-bond acceptors (Lipinski definition) is 6. The molecule has 0 aliphatic heterocycles. The summed E-state index contributed by atoms with van der Waals surface area (Å²) < 4.78 is 10.1. The van der Waals surface area contributed by atoms with Crippen LogP contribution in [0.5, 0.6) is 11.8 Å². The van der Waals surface area contributed by atoms with Gasteiger partial charge in [0.25, 0.3) is 0 Å². The molecule has 2 rings (SSSR count). The molecule has 1 fully saturated rings. The monoisotopic (exact) mass is 282 g/mol. The van der Waals surface area contributed by atoms with Gasteiger partial charge in [0.1, 0.15) is 11.8 Å². The predicted octanol–water partition coefficient (Wildman–Crippen LogP) is 1.47. The summed E-state index contributed by atoms with van der Waals surface area (Å²) in [6.07, 6.45) is 4.74. The molecule has 0 bridgehead atoms. The molecule has 1 aromatic heterocycles. The molecule has 0 amide bonds. The number of hydrogen-bond donors (Lipinski definition) is 2. The number of aliphatic hydroxyl groups is 2. The van der Waals surface area contributed by atoms with Crippen LogP contribution in [-0.4, -0.2) is 40.5 Å². The van der Waals surface area contributed by atoms with Crippen LogP contribution in [0.2, 0.25) is 0 Å². The highest BCUT2D eigenvalue weighted by molar-refractivity contribution is 5.25. The van der Waals surface area contributed by atoms with Gasteiger partial charge in [0, 0.05) is 0 Å². The van der Waals surface area contributed by atoms with Crippen LogP contribution in [-0.2, 0) is 0 Å². The van der Waals surface area contributed by atoms with Gasteiger partial charge in [-0.25, -0.2) is 4.98 Å².